The molecule has 1 saturated heterocycles. The van der Waals surface area contributed by atoms with Crippen LogP contribution in [0.4, 0.5) is 5.69 Å². The van der Waals surface area contributed by atoms with Crippen LogP contribution in [0.5, 0.6) is 5.75 Å². The predicted molar refractivity (Wildman–Crippen MR) is 106 cm³/mol. The highest BCUT2D eigenvalue weighted by atomic mass is 32.1. The predicted octanol–water partition coefficient (Wildman–Crippen LogP) is 3.65. The van der Waals surface area contributed by atoms with Gasteiger partial charge in [0.15, 0.2) is 0 Å². The average molecular weight is 385 g/mol. The Balaban J connectivity index is 1.52. The molecule has 2 aliphatic heterocycles. The number of amides is 2. The standard InChI is InChI=1S/C21H24N2O3S/c1-3-26-18-7-5-4-6-17(18)23-13-15(12-20(23)24)21(25)22-10-8-19-16(14(22)2)9-11-27-19/h4-7,9,11,14-15H,3,8,10,12-13H2,1-2H3. The number of ether oxygens (including phenoxy) is 1. The van der Waals surface area contributed by atoms with Gasteiger partial charge in [-0.2, -0.15) is 0 Å². The van der Waals surface area contributed by atoms with E-state index in [0.29, 0.717) is 18.9 Å². The number of thiophene rings is 1. The van der Waals surface area contributed by atoms with Crippen molar-refractivity contribution >= 4 is 28.8 Å². The summed E-state index contributed by atoms with van der Waals surface area (Å²) in [5.41, 5.74) is 2.01. The lowest BCUT2D eigenvalue weighted by Gasteiger charge is -2.35. The molecular formula is C21H24N2O3S. The van der Waals surface area contributed by atoms with Crippen LogP contribution in [0.25, 0.3) is 0 Å². The van der Waals surface area contributed by atoms with Crippen molar-refractivity contribution in [1.29, 1.82) is 0 Å². The van der Waals surface area contributed by atoms with Gasteiger partial charge in [-0.05, 0) is 49.4 Å². The summed E-state index contributed by atoms with van der Waals surface area (Å²) in [4.78, 5) is 30.9. The van der Waals surface area contributed by atoms with Gasteiger partial charge in [-0.15, -0.1) is 11.3 Å². The van der Waals surface area contributed by atoms with Crippen LogP contribution in [0.3, 0.4) is 0 Å². The van der Waals surface area contributed by atoms with Gasteiger partial charge in [-0.25, -0.2) is 0 Å². The highest BCUT2D eigenvalue weighted by molar-refractivity contribution is 7.10. The number of para-hydroxylation sites is 2. The molecule has 142 valence electrons. The van der Waals surface area contributed by atoms with Crippen molar-refractivity contribution in [2.75, 3.05) is 24.6 Å². The van der Waals surface area contributed by atoms with E-state index in [1.165, 1.54) is 10.4 Å². The summed E-state index contributed by atoms with van der Waals surface area (Å²) in [5.74, 6) is 0.469. The first-order valence-electron chi connectivity index (χ1n) is 9.49. The van der Waals surface area contributed by atoms with Gasteiger partial charge >= 0.3 is 0 Å². The summed E-state index contributed by atoms with van der Waals surface area (Å²) in [6, 6.07) is 9.74. The lowest BCUT2D eigenvalue weighted by molar-refractivity contribution is -0.138. The molecule has 6 heteroatoms. The summed E-state index contributed by atoms with van der Waals surface area (Å²) >= 11 is 1.77. The highest BCUT2D eigenvalue weighted by Crippen LogP contribution is 2.37. The Morgan fingerprint density at radius 1 is 1.30 bits per heavy atom. The second kappa shape index (κ2) is 7.35. The second-order valence-corrected chi connectivity index (χ2v) is 8.06. The molecule has 2 aliphatic rings. The minimum absolute atomic E-state index is 0.0126. The molecule has 0 N–H and O–H groups in total. The molecule has 2 aromatic rings. The average Bonchev–Trinajstić information content (AvgIpc) is 3.29. The summed E-state index contributed by atoms with van der Waals surface area (Å²) in [5, 5.41) is 2.10. The molecule has 2 unspecified atom stereocenters. The van der Waals surface area contributed by atoms with Gasteiger partial charge in [0, 0.05) is 24.4 Å². The molecule has 1 fully saturated rings. The van der Waals surface area contributed by atoms with Crippen molar-refractivity contribution in [3.63, 3.8) is 0 Å². The number of anilines is 1. The third-order valence-corrected chi connectivity index (χ3v) is 6.49. The molecule has 27 heavy (non-hydrogen) atoms. The molecule has 0 spiro atoms. The topological polar surface area (TPSA) is 49.9 Å². The minimum atomic E-state index is -0.296. The Kier molecular flexibility index (Phi) is 4.91. The van der Waals surface area contributed by atoms with Gasteiger partial charge in [-0.1, -0.05) is 12.1 Å². The fourth-order valence-corrected chi connectivity index (χ4v) is 5.07. The van der Waals surface area contributed by atoms with Gasteiger partial charge in [0.05, 0.1) is 24.3 Å². The number of carbonyl (C=O) groups is 2. The van der Waals surface area contributed by atoms with Gasteiger partial charge < -0.3 is 14.5 Å². The second-order valence-electron chi connectivity index (χ2n) is 7.06. The van der Waals surface area contributed by atoms with Crippen molar-refractivity contribution in [2.24, 2.45) is 5.92 Å². The third kappa shape index (κ3) is 3.23. The number of fused-ring (bicyclic) bond motifs is 1. The van der Waals surface area contributed by atoms with Gasteiger partial charge in [0.25, 0.3) is 0 Å². The normalized spacial score (nSPS) is 22.1. The van der Waals surface area contributed by atoms with E-state index in [9.17, 15) is 9.59 Å². The first kappa shape index (κ1) is 18.0. The molecule has 1 aromatic heterocycles. The number of hydrogen-bond acceptors (Lipinski definition) is 4. The molecule has 3 heterocycles. The van der Waals surface area contributed by atoms with Crippen molar-refractivity contribution < 1.29 is 14.3 Å². The van der Waals surface area contributed by atoms with E-state index in [4.69, 9.17) is 4.74 Å². The van der Waals surface area contributed by atoms with Gasteiger partial charge in [-0.3, -0.25) is 9.59 Å². The molecule has 0 radical (unpaired) electrons. The number of hydrogen-bond donors (Lipinski definition) is 0. The maximum atomic E-state index is 13.2. The number of carbonyl (C=O) groups excluding carboxylic acids is 2. The van der Waals surface area contributed by atoms with E-state index < -0.39 is 0 Å². The zero-order valence-corrected chi connectivity index (χ0v) is 16.5. The SMILES string of the molecule is CCOc1ccccc1N1CC(C(=O)N2CCc3sccc3C2C)CC1=O. The summed E-state index contributed by atoms with van der Waals surface area (Å²) in [6.07, 6.45) is 1.17. The lowest BCUT2D eigenvalue weighted by atomic mass is 9.98. The molecule has 0 aliphatic carbocycles. The molecule has 2 amide bonds. The Morgan fingerprint density at radius 3 is 2.93 bits per heavy atom. The maximum absolute atomic E-state index is 13.2. The van der Waals surface area contributed by atoms with Crippen molar-refractivity contribution in [3.05, 3.63) is 46.2 Å². The van der Waals surface area contributed by atoms with Crippen LogP contribution in [-0.4, -0.2) is 36.4 Å². The minimum Gasteiger partial charge on any atom is -0.492 e. The Labute approximate surface area is 163 Å². The molecule has 0 saturated carbocycles. The fraction of sp³-hybridized carbons (Fsp3) is 0.429. The van der Waals surface area contributed by atoms with Crippen LogP contribution in [0.15, 0.2) is 35.7 Å². The highest BCUT2D eigenvalue weighted by Gasteiger charge is 2.40. The molecule has 0 bridgehead atoms. The first-order chi connectivity index (χ1) is 13.1. The van der Waals surface area contributed by atoms with Crippen LogP contribution >= 0.6 is 11.3 Å². The number of nitrogens with zero attached hydrogens (tertiary/aromatic N) is 2. The van der Waals surface area contributed by atoms with Crippen LogP contribution in [0.2, 0.25) is 0 Å². The molecule has 2 atom stereocenters. The Bertz CT molecular complexity index is 863. The van der Waals surface area contributed by atoms with Gasteiger partial charge in [0.2, 0.25) is 11.8 Å². The van der Waals surface area contributed by atoms with E-state index in [0.717, 1.165) is 18.7 Å². The van der Waals surface area contributed by atoms with Crippen LogP contribution in [-0.2, 0) is 16.0 Å². The number of rotatable bonds is 4. The quantitative estimate of drug-likeness (QED) is 0.809. The third-order valence-electron chi connectivity index (χ3n) is 5.49. The van der Waals surface area contributed by atoms with E-state index in [-0.39, 0.29) is 30.2 Å². The smallest absolute Gasteiger partial charge is 0.228 e. The van der Waals surface area contributed by atoms with E-state index in [1.54, 1.807) is 16.2 Å². The monoisotopic (exact) mass is 384 g/mol. The zero-order chi connectivity index (χ0) is 19.0. The number of benzene rings is 1. The lowest BCUT2D eigenvalue weighted by Crippen LogP contribution is -2.42. The van der Waals surface area contributed by atoms with Crippen molar-refractivity contribution in [1.82, 2.24) is 4.90 Å². The molecular weight excluding hydrogens is 360 g/mol. The fourth-order valence-electron chi connectivity index (χ4n) is 4.11. The van der Waals surface area contributed by atoms with E-state index >= 15 is 0 Å². The van der Waals surface area contributed by atoms with Crippen molar-refractivity contribution in [3.8, 4) is 5.75 Å². The first-order valence-corrected chi connectivity index (χ1v) is 10.4. The zero-order valence-electron chi connectivity index (χ0n) is 15.7. The van der Waals surface area contributed by atoms with Crippen LogP contribution in [0.1, 0.15) is 36.8 Å². The molecule has 1 aromatic carbocycles. The Morgan fingerprint density at radius 2 is 2.11 bits per heavy atom. The summed E-state index contributed by atoms with van der Waals surface area (Å²) in [7, 11) is 0. The molecule has 5 nitrogen and oxygen atoms in total. The summed E-state index contributed by atoms with van der Waals surface area (Å²) in [6.45, 7) is 5.69. The Hall–Kier alpha value is -2.34. The summed E-state index contributed by atoms with van der Waals surface area (Å²) < 4.78 is 5.67. The van der Waals surface area contributed by atoms with E-state index in [2.05, 4.69) is 18.4 Å². The van der Waals surface area contributed by atoms with Crippen LogP contribution in [0, 0.1) is 5.92 Å². The molecule has 4 rings (SSSR count). The maximum Gasteiger partial charge on any atom is 0.228 e. The van der Waals surface area contributed by atoms with Gasteiger partial charge in [0.1, 0.15) is 5.75 Å². The van der Waals surface area contributed by atoms with E-state index in [1.807, 2.05) is 36.1 Å². The largest absolute Gasteiger partial charge is 0.492 e. The van der Waals surface area contributed by atoms with Crippen molar-refractivity contribution in [2.45, 2.75) is 32.7 Å². The van der Waals surface area contributed by atoms with Crippen LogP contribution < -0.4 is 9.64 Å².